The molecule has 1 rings (SSSR count). The molecule has 0 aromatic heterocycles. The minimum absolute atomic E-state index is 0.368. The molecule has 1 N–H and O–H groups in total. The summed E-state index contributed by atoms with van der Waals surface area (Å²) in [6.45, 7) is 16.6. The van der Waals surface area contributed by atoms with Gasteiger partial charge in [-0.05, 0) is 63.2 Å². The summed E-state index contributed by atoms with van der Waals surface area (Å²) in [7, 11) is 0. The van der Waals surface area contributed by atoms with E-state index in [9.17, 15) is 0 Å². The highest BCUT2D eigenvalue weighted by Gasteiger charge is 2.24. The van der Waals surface area contributed by atoms with Gasteiger partial charge in [0.05, 0.1) is 0 Å². The van der Waals surface area contributed by atoms with Crippen LogP contribution in [0.5, 0.6) is 0 Å². The number of rotatable bonds is 7. The molecule has 0 aromatic carbocycles. The normalized spacial score (nSPS) is 23.6. The average molecular weight is 283 g/mol. The zero-order valence-corrected chi connectivity index (χ0v) is 14.7. The van der Waals surface area contributed by atoms with Crippen LogP contribution in [0.1, 0.15) is 73.1 Å². The summed E-state index contributed by atoms with van der Waals surface area (Å²) in [5.74, 6) is 0.997. The number of likely N-dealkylation sites (tertiary alicyclic amines) is 1. The molecular formula is C18H38N2. The highest BCUT2D eigenvalue weighted by atomic mass is 15.1. The first-order valence-corrected chi connectivity index (χ1v) is 8.93. The van der Waals surface area contributed by atoms with Gasteiger partial charge in [0, 0.05) is 6.04 Å². The molecule has 1 saturated heterocycles. The standard InChI is InChI=1S/C18H38N2/c1-6-9-16-10-8-13-20(14-11-16)15-12-17(19-7-2)18(3,4)5/h16-17,19H,6-15H2,1-5H3. The zero-order chi connectivity index (χ0) is 15.0. The zero-order valence-electron chi connectivity index (χ0n) is 14.7. The summed E-state index contributed by atoms with van der Waals surface area (Å²) in [6.07, 6.45) is 8.38. The minimum Gasteiger partial charge on any atom is -0.314 e. The molecule has 1 aliphatic rings. The van der Waals surface area contributed by atoms with Crippen molar-refractivity contribution in [2.75, 3.05) is 26.2 Å². The van der Waals surface area contributed by atoms with E-state index in [2.05, 4.69) is 44.8 Å². The Balaban J connectivity index is 2.36. The first-order chi connectivity index (χ1) is 9.47. The van der Waals surface area contributed by atoms with E-state index in [0.29, 0.717) is 11.5 Å². The van der Waals surface area contributed by atoms with Crippen LogP contribution in [0.3, 0.4) is 0 Å². The van der Waals surface area contributed by atoms with Crippen molar-refractivity contribution < 1.29 is 0 Å². The van der Waals surface area contributed by atoms with E-state index < -0.39 is 0 Å². The van der Waals surface area contributed by atoms with Crippen molar-refractivity contribution in [3.8, 4) is 0 Å². The number of hydrogen-bond acceptors (Lipinski definition) is 2. The quantitative estimate of drug-likeness (QED) is 0.749. The molecule has 1 heterocycles. The van der Waals surface area contributed by atoms with Crippen molar-refractivity contribution in [1.29, 1.82) is 0 Å². The van der Waals surface area contributed by atoms with Gasteiger partial charge in [-0.1, -0.05) is 47.5 Å². The fourth-order valence-corrected chi connectivity index (χ4v) is 3.54. The topological polar surface area (TPSA) is 15.3 Å². The Labute approximate surface area is 127 Å². The van der Waals surface area contributed by atoms with Gasteiger partial charge in [0.2, 0.25) is 0 Å². The van der Waals surface area contributed by atoms with E-state index in [1.807, 2.05) is 0 Å². The Hall–Kier alpha value is -0.0800. The lowest BCUT2D eigenvalue weighted by atomic mass is 9.84. The van der Waals surface area contributed by atoms with Crippen LogP contribution in [-0.4, -0.2) is 37.1 Å². The Kier molecular flexibility index (Phi) is 8.13. The smallest absolute Gasteiger partial charge is 0.0128 e. The highest BCUT2D eigenvalue weighted by Crippen LogP contribution is 2.24. The third kappa shape index (κ3) is 6.58. The molecule has 0 aliphatic carbocycles. The lowest BCUT2D eigenvalue weighted by molar-refractivity contribution is 0.207. The van der Waals surface area contributed by atoms with E-state index in [-0.39, 0.29) is 0 Å². The summed E-state index contributed by atoms with van der Waals surface area (Å²) in [6, 6.07) is 0.641. The lowest BCUT2D eigenvalue weighted by Gasteiger charge is -2.33. The number of nitrogens with one attached hydrogen (secondary N) is 1. The van der Waals surface area contributed by atoms with Crippen LogP contribution in [-0.2, 0) is 0 Å². The fourth-order valence-electron chi connectivity index (χ4n) is 3.54. The molecule has 2 atom stereocenters. The SMILES string of the molecule is CCCC1CCCN(CCC(NCC)C(C)(C)C)CC1. The third-order valence-corrected chi connectivity index (χ3v) is 4.87. The van der Waals surface area contributed by atoms with Gasteiger partial charge in [-0.15, -0.1) is 0 Å². The van der Waals surface area contributed by atoms with Crippen molar-refractivity contribution in [1.82, 2.24) is 10.2 Å². The van der Waals surface area contributed by atoms with Gasteiger partial charge in [-0.2, -0.15) is 0 Å². The monoisotopic (exact) mass is 282 g/mol. The Morgan fingerprint density at radius 1 is 1.15 bits per heavy atom. The number of hydrogen-bond donors (Lipinski definition) is 1. The molecule has 2 nitrogen and oxygen atoms in total. The summed E-state index contributed by atoms with van der Waals surface area (Å²) in [5.41, 5.74) is 0.368. The van der Waals surface area contributed by atoms with Crippen molar-refractivity contribution in [3.63, 3.8) is 0 Å². The fraction of sp³-hybridized carbons (Fsp3) is 1.00. The van der Waals surface area contributed by atoms with Gasteiger partial charge in [0.15, 0.2) is 0 Å². The van der Waals surface area contributed by atoms with E-state index in [1.165, 1.54) is 58.2 Å². The highest BCUT2D eigenvalue weighted by molar-refractivity contribution is 4.81. The summed E-state index contributed by atoms with van der Waals surface area (Å²) >= 11 is 0. The van der Waals surface area contributed by atoms with Gasteiger partial charge >= 0.3 is 0 Å². The van der Waals surface area contributed by atoms with Crippen LogP contribution in [0.4, 0.5) is 0 Å². The van der Waals surface area contributed by atoms with Crippen LogP contribution in [0.2, 0.25) is 0 Å². The van der Waals surface area contributed by atoms with E-state index >= 15 is 0 Å². The summed E-state index contributed by atoms with van der Waals surface area (Å²) < 4.78 is 0. The molecule has 0 aromatic rings. The number of nitrogens with zero attached hydrogens (tertiary/aromatic N) is 1. The summed E-state index contributed by atoms with van der Waals surface area (Å²) in [4.78, 5) is 2.71. The molecule has 1 aliphatic heterocycles. The molecular weight excluding hydrogens is 244 g/mol. The molecule has 2 heteroatoms. The second kappa shape index (κ2) is 9.04. The largest absolute Gasteiger partial charge is 0.314 e. The van der Waals surface area contributed by atoms with Gasteiger partial charge in [0.1, 0.15) is 0 Å². The van der Waals surface area contributed by atoms with Crippen LogP contribution in [0.15, 0.2) is 0 Å². The Bertz CT molecular complexity index is 244. The van der Waals surface area contributed by atoms with Gasteiger partial charge in [0.25, 0.3) is 0 Å². The van der Waals surface area contributed by atoms with Crippen LogP contribution >= 0.6 is 0 Å². The summed E-state index contributed by atoms with van der Waals surface area (Å²) in [5, 5.41) is 3.68. The molecule has 20 heavy (non-hydrogen) atoms. The molecule has 1 fully saturated rings. The van der Waals surface area contributed by atoms with Crippen LogP contribution in [0.25, 0.3) is 0 Å². The first kappa shape index (κ1) is 18.0. The maximum atomic E-state index is 3.68. The van der Waals surface area contributed by atoms with Crippen molar-refractivity contribution in [3.05, 3.63) is 0 Å². The molecule has 0 spiro atoms. The lowest BCUT2D eigenvalue weighted by Crippen LogP contribution is -2.43. The molecule has 120 valence electrons. The molecule has 0 amide bonds. The van der Waals surface area contributed by atoms with Crippen molar-refractivity contribution in [2.45, 2.75) is 79.2 Å². The molecule has 0 saturated carbocycles. The Morgan fingerprint density at radius 2 is 1.90 bits per heavy atom. The molecule has 0 bridgehead atoms. The maximum Gasteiger partial charge on any atom is 0.0128 e. The maximum absolute atomic E-state index is 3.68. The van der Waals surface area contributed by atoms with Gasteiger partial charge < -0.3 is 10.2 Å². The second-order valence-electron chi connectivity index (χ2n) is 7.69. The van der Waals surface area contributed by atoms with Crippen LogP contribution < -0.4 is 5.32 Å². The first-order valence-electron chi connectivity index (χ1n) is 8.93. The Morgan fingerprint density at radius 3 is 2.50 bits per heavy atom. The van der Waals surface area contributed by atoms with Crippen LogP contribution in [0, 0.1) is 11.3 Å². The molecule has 0 radical (unpaired) electrons. The average Bonchev–Trinajstić information content (AvgIpc) is 2.59. The predicted octanol–water partition coefficient (Wildman–Crippen LogP) is 4.30. The molecule has 2 unspecified atom stereocenters. The van der Waals surface area contributed by atoms with Gasteiger partial charge in [-0.3, -0.25) is 0 Å². The van der Waals surface area contributed by atoms with Gasteiger partial charge in [-0.25, -0.2) is 0 Å². The predicted molar refractivity (Wildman–Crippen MR) is 90.2 cm³/mol. The second-order valence-corrected chi connectivity index (χ2v) is 7.69. The van der Waals surface area contributed by atoms with Crippen molar-refractivity contribution in [2.24, 2.45) is 11.3 Å². The van der Waals surface area contributed by atoms with E-state index in [4.69, 9.17) is 0 Å². The third-order valence-electron chi connectivity index (χ3n) is 4.87. The van der Waals surface area contributed by atoms with Crippen molar-refractivity contribution >= 4 is 0 Å². The van der Waals surface area contributed by atoms with E-state index in [1.54, 1.807) is 0 Å². The minimum atomic E-state index is 0.368. The van der Waals surface area contributed by atoms with E-state index in [0.717, 1.165) is 12.5 Å².